The van der Waals surface area contributed by atoms with Crippen LogP contribution in [-0.2, 0) is 11.2 Å². The maximum atomic E-state index is 13.3. The number of benzene rings is 1. The number of aliphatic carboxylic acids is 1. The van der Waals surface area contributed by atoms with Gasteiger partial charge in [0.25, 0.3) is 0 Å². The van der Waals surface area contributed by atoms with Gasteiger partial charge in [-0.3, -0.25) is 4.79 Å². The topological polar surface area (TPSA) is 46.5 Å². The molecule has 0 amide bonds. The molecule has 3 nitrogen and oxygen atoms in total. The maximum Gasteiger partial charge on any atom is 0.426 e. The molecular formula is C11H8F4O3. The summed E-state index contributed by atoms with van der Waals surface area (Å²) in [5.74, 6) is -4.82. The lowest BCUT2D eigenvalue weighted by molar-refractivity contribution is -0.218. The third-order valence-corrected chi connectivity index (χ3v) is 2.74. The maximum absolute atomic E-state index is 13.3. The molecule has 1 heterocycles. The van der Waals surface area contributed by atoms with E-state index in [2.05, 4.69) is 4.74 Å². The van der Waals surface area contributed by atoms with E-state index in [1.807, 2.05) is 0 Å². The van der Waals surface area contributed by atoms with Crippen molar-refractivity contribution in [2.45, 2.75) is 18.7 Å². The van der Waals surface area contributed by atoms with Crippen LogP contribution in [0.15, 0.2) is 18.2 Å². The smallest absolute Gasteiger partial charge is 0.426 e. The fourth-order valence-electron chi connectivity index (χ4n) is 1.91. The molecule has 1 aromatic rings. The standard InChI is InChI=1S/C11H8F4O3/c12-7-3-1-2-5-4-6(10(16)17)9(11(13,14)15)18-8(5)7/h1-3,6,9H,4H2,(H,16,17). The van der Waals surface area contributed by atoms with E-state index in [-0.39, 0.29) is 5.56 Å². The van der Waals surface area contributed by atoms with E-state index in [0.29, 0.717) is 0 Å². The number of para-hydroxylation sites is 1. The first kappa shape index (κ1) is 12.7. The summed E-state index contributed by atoms with van der Waals surface area (Å²) in [6.45, 7) is 0. The first-order valence-corrected chi connectivity index (χ1v) is 5.04. The minimum atomic E-state index is -4.86. The number of carboxylic acid groups (broad SMARTS) is 1. The summed E-state index contributed by atoms with van der Waals surface area (Å²) in [6.07, 6.45) is -7.80. The second-order valence-corrected chi connectivity index (χ2v) is 3.96. The molecule has 98 valence electrons. The molecule has 1 N–H and O–H groups in total. The van der Waals surface area contributed by atoms with Crippen molar-refractivity contribution in [2.24, 2.45) is 5.92 Å². The normalized spacial score (nSPS) is 23.1. The SMILES string of the molecule is O=C(O)C1Cc2cccc(F)c2OC1C(F)(F)F. The first-order chi connectivity index (χ1) is 8.30. The van der Waals surface area contributed by atoms with Crippen LogP contribution in [0.1, 0.15) is 5.56 Å². The van der Waals surface area contributed by atoms with Gasteiger partial charge in [0.05, 0.1) is 0 Å². The van der Waals surface area contributed by atoms with Crippen LogP contribution in [0.3, 0.4) is 0 Å². The van der Waals surface area contributed by atoms with Gasteiger partial charge in [-0.05, 0) is 18.1 Å². The summed E-state index contributed by atoms with van der Waals surface area (Å²) in [4.78, 5) is 10.8. The number of fused-ring (bicyclic) bond motifs is 1. The molecule has 18 heavy (non-hydrogen) atoms. The molecule has 1 aromatic carbocycles. The van der Waals surface area contributed by atoms with Crippen molar-refractivity contribution < 1.29 is 32.2 Å². The highest BCUT2D eigenvalue weighted by molar-refractivity contribution is 5.72. The van der Waals surface area contributed by atoms with Crippen LogP contribution in [0.4, 0.5) is 17.6 Å². The van der Waals surface area contributed by atoms with Crippen molar-refractivity contribution in [1.29, 1.82) is 0 Å². The fraction of sp³-hybridized carbons (Fsp3) is 0.364. The highest BCUT2D eigenvalue weighted by atomic mass is 19.4. The van der Waals surface area contributed by atoms with Gasteiger partial charge in [-0.25, -0.2) is 4.39 Å². The molecule has 0 aliphatic carbocycles. The van der Waals surface area contributed by atoms with E-state index in [1.54, 1.807) is 0 Å². The van der Waals surface area contributed by atoms with Gasteiger partial charge in [0.2, 0.25) is 6.10 Å². The van der Waals surface area contributed by atoms with Crippen molar-refractivity contribution >= 4 is 5.97 Å². The molecular weight excluding hydrogens is 256 g/mol. The molecule has 0 spiro atoms. The van der Waals surface area contributed by atoms with Gasteiger partial charge < -0.3 is 9.84 Å². The Kier molecular flexibility index (Phi) is 2.92. The average molecular weight is 264 g/mol. The number of halogens is 4. The Morgan fingerprint density at radius 3 is 2.61 bits per heavy atom. The van der Waals surface area contributed by atoms with Crippen molar-refractivity contribution in [3.63, 3.8) is 0 Å². The lowest BCUT2D eigenvalue weighted by Crippen LogP contribution is -2.47. The zero-order valence-electron chi connectivity index (χ0n) is 8.87. The van der Waals surface area contributed by atoms with E-state index < -0.39 is 42.2 Å². The van der Waals surface area contributed by atoms with Crippen molar-refractivity contribution in [2.75, 3.05) is 0 Å². The predicted octanol–water partition coefficient (Wildman–Crippen LogP) is 2.39. The van der Waals surface area contributed by atoms with Crippen LogP contribution < -0.4 is 4.74 Å². The quantitative estimate of drug-likeness (QED) is 0.792. The number of carboxylic acids is 1. The molecule has 7 heteroatoms. The van der Waals surface area contributed by atoms with Gasteiger partial charge in [0.15, 0.2) is 11.6 Å². The minimum Gasteiger partial charge on any atom is -0.481 e. The lowest BCUT2D eigenvalue weighted by atomic mass is 9.90. The highest BCUT2D eigenvalue weighted by Gasteiger charge is 2.52. The van der Waals surface area contributed by atoms with Crippen LogP contribution in [0.5, 0.6) is 5.75 Å². The van der Waals surface area contributed by atoms with Crippen LogP contribution in [-0.4, -0.2) is 23.4 Å². The zero-order chi connectivity index (χ0) is 13.5. The summed E-state index contributed by atoms with van der Waals surface area (Å²) in [5.41, 5.74) is 0.128. The second-order valence-electron chi connectivity index (χ2n) is 3.96. The molecule has 0 saturated carbocycles. The molecule has 1 aliphatic rings. The Labute approximate surface area is 99.0 Å². The van der Waals surface area contributed by atoms with Gasteiger partial charge >= 0.3 is 12.1 Å². The highest BCUT2D eigenvalue weighted by Crippen LogP contribution is 2.39. The third-order valence-electron chi connectivity index (χ3n) is 2.74. The molecule has 2 atom stereocenters. The molecule has 0 aromatic heterocycles. The number of hydrogen-bond acceptors (Lipinski definition) is 2. The van der Waals surface area contributed by atoms with E-state index in [0.717, 1.165) is 6.07 Å². The van der Waals surface area contributed by atoms with E-state index in [9.17, 15) is 22.4 Å². The Morgan fingerprint density at radius 2 is 2.06 bits per heavy atom. The van der Waals surface area contributed by atoms with Gasteiger partial charge in [-0.15, -0.1) is 0 Å². The van der Waals surface area contributed by atoms with Gasteiger partial charge in [0, 0.05) is 0 Å². The van der Waals surface area contributed by atoms with Gasteiger partial charge in [0.1, 0.15) is 5.92 Å². The summed E-state index contributed by atoms with van der Waals surface area (Å²) < 4.78 is 55.8. The van der Waals surface area contributed by atoms with Gasteiger partial charge in [-0.1, -0.05) is 12.1 Å². The van der Waals surface area contributed by atoms with E-state index in [4.69, 9.17) is 5.11 Å². The number of alkyl halides is 3. The van der Waals surface area contributed by atoms with Crippen LogP contribution in [0.2, 0.25) is 0 Å². The third kappa shape index (κ3) is 2.12. The Morgan fingerprint density at radius 1 is 1.39 bits per heavy atom. The number of hydrogen-bond donors (Lipinski definition) is 1. The van der Waals surface area contributed by atoms with Crippen molar-refractivity contribution in [1.82, 2.24) is 0 Å². The van der Waals surface area contributed by atoms with E-state index >= 15 is 0 Å². The summed E-state index contributed by atoms with van der Waals surface area (Å²) >= 11 is 0. The van der Waals surface area contributed by atoms with Crippen molar-refractivity contribution in [3.05, 3.63) is 29.6 Å². The van der Waals surface area contributed by atoms with Crippen LogP contribution in [0, 0.1) is 11.7 Å². The molecule has 2 unspecified atom stereocenters. The Hall–Kier alpha value is -1.79. The van der Waals surface area contributed by atoms with Crippen LogP contribution >= 0.6 is 0 Å². The molecule has 0 bridgehead atoms. The summed E-state index contributed by atoms with van der Waals surface area (Å²) in [7, 11) is 0. The number of carbonyl (C=O) groups is 1. The summed E-state index contributed by atoms with van der Waals surface area (Å²) in [6, 6.07) is 3.61. The largest absolute Gasteiger partial charge is 0.481 e. The Balaban J connectivity index is 2.44. The Bertz CT molecular complexity index is 484. The van der Waals surface area contributed by atoms with E-state index in [1.165, 1.54) is 12.1 Å². The predicted molar refractivity (Wildman–Crippen MR) is 51.7 cm³/mol. The average Bonchev–Trinajstić information content (AvgIpc) is 2.26. The minimum absolute atomic E-state index is 0.128. The number of ether oxygens (including phenoxy) is 1. The lowest BCUT2D eigenvalue weighted by Gasteiger charge is -2.32. The zero-order valence-corrected chi connectivity index (χ0v) is 8.87. The van der Waals surface area contributed by atoms with Crippen LogP contribution in [0.25, 0.3) is 0 Å². The molecule has 0 fully saturated rings. The van der Waals surface area contributed by atoms with Gasteiger partial charge in [-0.2, -0.15) is 13.2 Å². The fourth-order valence-corrected chi connectivity index (χ4v) is 1.91. The molecule has 0 saturated heterocycles. The number of rotatable bonds is 1. The molecule has 0 radical (unpaired) electrons. The first-order valence-electron chi connectivity index (χ1n) is 5.04. The summed E-state index contributed by atoms with van der Waals surface area (Å²) in [5, 5.41) is 8.79. The molecule has 1 aliphatic heterocycles. The second kappa shape index (κ2) is 4.15. The molecule has 2 rings (SSSR count). The monoisotopic (exact) mass is 264 g/mol. The van der Waals surface area contributed by atoms with Crippen molar-refractivity contribution in [3.8, 4) is 5.75 Å².